The zero-order valence-electron chi connectivity index (χ0n) is 19.3. The van der Waals surface area contributed by atoms with Gasteiger partial charge in [-0.05, 0) is 61.1 Å². The van der Waals surface area contributed by atoms with E-state index in [9.17, 15) is 15.0 Å². The highest BCUT2D eigenvalue weighted by Gasteiger charge is 2.39. The van der Waals surface area contributed by atoms with Crippen molar-refractivity contribution >= 4 is 5.78 Å². The van der Waals surface area contributed by atoms with Crippen LogP contribution in [0.3, 0.4) is 0 Å². The molecule has 0 radical (unpaired) electrons. The normalized spacial score (nSPS) is 24.6. The lowest BCUT2D eigenvalue weighted by Gasteiger charge is -2.36. The van der Waals surface area contributed by atoms with Crippen LogP contribution in [-0.4, -0.2) is 16.0 Å². The standard InChI is InChI=1S/C27H40O3/c1-5-6-7-8-13-27(14-9-10-15-27)20-17-23(29)25(24(30)18-20)19-11-12-21(22(28)16-19)26(2,3)4/h8,13,17-19,21,29-30H,5-7,9-12,14-16H2,1-4H3/b13-8-/t19-,21-/m0/s1. The van der Waals surface area contributed by atoms with E-state index in [4.69, 9.17) is 0 Å². The molecule has 0 aromatic heterocycles. The van der Waals surface area contributed by atoms with Crippen molar-refractivity contribution in [2.24, 2.45) is 11.3 Å². The molecule has 2 atom stereocenters. The average molecular weight is 413 g/mol. The molecule has 0 amide bonds. The molecule has 1 aromatic rings. The maximum atomic E-state index is 12.8. The summed E-state index contributed by atoms with van der Waals surface area (Å²) >= 11 is 0. The number of benzene rings is 1. The number of rotatable bonds is 6. The van der Waals surface area contributed by atoms with Crippen LogP contribution in [0.5, 0.6) is 11.5 Å². The molecule has 0 aliphatic heterocycles. The van der Waals surface area contributed by atoms with E-state index in [1.807, 2.05) is 12.1 Å². The van der Waals surface area contributed by atoms with Crippen LogP contribution in [0, 0.1) is 11.3 Å². The Morgan fingerprint density at radius 1 is 1.10 bits per heavy atom. The lowest BCUT2D eigenvalue weighted by Crippen LogP contribution is -2.33. The third kappa shape index (κ3) is 4.76. The topological polar surface area (TPSA) is 57.5 Å². The maximum absolute atomic E-state index is 12.8. The van der Waals surface area contributed by atoms with E-state index >= 15 is 0 Å². The second kappa shape index (κ2) is 9.16. The monoisotopic (exact) mass is 412 g/mol. The summed E-state index contributed by atoms with van der Waals surface area (Å²) in [7, 11) is 0. The smallest absolute Gasteiger partial charge is 0.137 e. The Labute approximate surface area is 182 Å². The Kier molecular flexibility index (Phi) is 6.99. The Morgan fingerprint density at radius 3 is 2.27 bits per heavy atom. The summed E-state index contributed by atoms with van der Waals surface area (Å²) in [5.41, 5.74) is 1.47. The predicted molar refractivity (Wildman–Crippen MR) is 123 cm³/mol. The number of hydrogen-bond acceptors (Lipinski definition) is 3. The third-order valence-electron chi connectivity index (χ3n) is 7.46. The van der Waals surface area contributed by atoms with Crippen molar-refractivity contribution in [2.75, 3.05) is 0 Å². The maximum Gasteiger partial charge on any atom is 0.137 e. The second-order valence-corrected chi connectivity index (χ2v) is 10.7. The van der Waals surface area contributed by atoms with Gasteiger partial charge in [0.05, 0.1) is 0 Å². The van der Waals surface area contributed by atoms with Crippen LogP contribution in [-0.2, 0) is 10.2 Å². The van der Waals surface area contributed by atoms with Crippen molar-refractivity contribution < 1.29 is 15.0 Å². The lowest BCUT2D eigenvalue weighted by atomic mass is 9.67. The van der Waals surface area contributed by atoms with Crippen LogP contribution < -0.4 is 0 Å². The molecule has 0 spiro atoms. The van der Waals surface area contributed by atoms with E-state index < -0.39 is 0 Å². The quantitative estimate of drug-likeness (QED) is 0.385. The molecule has 30 heavy (non-hydrogen) atoms. The van der Waals surface area contributed by atoms with Crippen molar-refractivity contribution in [1.29, 1.82) is 0 Å². The number of allylic oxidation sites excluding steroid dienone is 2. The van der Waals surface area contributed by atoms with Gasteiger partial charge >= 0.3 is 0 Å². The van der Waals surface area contributed by atoms with E-state index in [1.54, 1.807) is 0 Å². The number of unbranched alkanes of at least 4 members (excludes halogenated alkanes) is 2. The van der Waals surface area contributed by atoms with Crippen molar-refractivity contribution in [3.63, 3.8) is 0 Å². The molecule has 2 N–H and O–H groups in total. The zero-order valence-corrected chi connectivity index (χ0v) is 19.3. The Balaban J connectivity index is 1.85. The molecule has 3 heteroatoms. The van der Waals surface area contributed by atoms with Gasteiger partial charge in [0, 0.05) is 23.3 Å². The minimum atomic E-state index is -0.0928. The van der Waals surface area contributed by atoms with Gasteiger partial charge in [-0.3, -0.25) is 4.79 Å². The van der Waals surface area contributed by atoms with Crippen molar-refractivity contribution in [1.82, 2.24) is 0 Å². The Morgan fingerprint density at radius 2 is 1.73 bits per heavy atom. The van der Waals surface area contributed by atoms with Crippen molar-refractivity contribution in [3.8, 4) is 11.5 Å². The fraction of sp³-hybridized carbons (Fsp3) is 0.667. The molecular formula is C27H40O3. The number of ketones is 1. The van der Waals surface area contributed by atoms with Gasteiger partial charge in [0.25, 0.3) is 0 Å². The molecule has 2 saturated carbocycles. The van der Waals surface area contributed by atoms with E-state index in [-0.39, 0.29) is 39.9 Å². The van der Waals surface area contributed by atoms with Crippen LogP contribution in [0.4, 0.5) is 0 Å². The lowest BCUT2D eigenvalue weighted by molar-refractivity contribution is -0.128. The molecule has 2 aliphatic carbocycles. The summed E-state index contributed by atoms with van der Waals surface area (Å²) in [6.45, 7) is 8.56. The Hall–Kier alpha value is -1.77. The van der Waals surface area contributed by atoms with Crippen LogP contribution in [0.1, 0.15) is 109 Å². The van der Waals surface area contributed by atoms with E-state index in [2.05, 4.69) is 39.8 Å². The molecule has 0 heterocycles. The van der Waals surface area contributed by atoms with Gasteiger partial charge in [-0.15, -0.1) is 0 Å². The van der Waals surface area contributed by atoms with Gasteiger partial charge in [-0.2, -0.15) is 0 Å². The highest BCUT2D eigenvalue weighted by Crippen LogP contribution is 2.49. The van der Waals surface area contributed by atoms with Gasteiger partial charge in [-0.25, -0.2) is 0 Å². The second-order valence-electron chi connectivity index (χ2n) is 10.7. The molecule has 0 bridgehead atoms. The van der Waals surface area contributed by atoms with Gasteiger partial charge in [0.15, 0.2) is 0 Å². The molecule has 0 saturated heterocycles. The molecule has 2 aliphatic rings. The molecule has 2 fully saturated rings. The predicted octanol–water partition coefficient (Wildman–Crippen LogP) is 7.15. The zero-order chi connectivity index (χ0) is 21.9. The number of aromatic hydroxyl groups is 2. The first-order valence-electron chi connectivity index (χ1n) is 11.9. The molecule has 3 rings (SSSR count). The fourth-order valence-electron chi connectivity index (χ4n) is 5.70. The number of hydrogen-bond donors (Lipinski definition) is 2. The minimum Gasteiger partial charge on any atom is -0.508 e. The summed E-state index contributed by atoms with van der Waals surface area (Å²) in [6, 6.07) is 3.73. The van der Waals surface area contributed by atoms with Gasteiger partial charge in [0.2, 0.25) is 0 Å². The average Bonchev–Trinajstić information content (AvgIpc) is 3.14. The summed E-state index contributed by atoms with van der Waals surface area (Å²) in [4.78, 5) is 12.8. The Bertz CT molecular complexity index is 755. The first-order valence-corrected chi connectivity index (χ1v) is 11.9. The number of phenolic OH excluding ortho intramolecular Hbond substituents is 2. The van der Waals surface area contributed by atoms with Crippen molar-refractivity contribution in [2.45, 2.75) is 103 Å². The summed E-state index contributed by atoms with van der Waals surface area (Å²) < 4.78 is 0. The number of Topliss-reactive ketones (excluding diaryl/α,β-unsaturated/α-hetero) is 1. The molecule has 3 nitrogen and oxygen atoms in total. The first-order chi connectivity index (χ1) is 14.2. The largest absolute Gasteiger partial charge is 0.508 e. The highest BCUT2D eigenvalue weighted by molar-refractivity contribution is 5.83. The number of phenols is 2. The highest BCUT2D eigenvalue weighted by atomic mass is 16.3. The van der Waals surface area contributed by atoms with Crippen LogP contribution in [0.15, 0.2) is 24.3 Å². The third-order valence-corrected chi connectivity index (χ3v) is 7.46. The molecular weight excluding hydrogens is 372 g/mol. The van der Waals surface area contributed by atoms with Crippen LogP contribution in [0.25, 0.3) is 0 Å². The van der Waals surface area contributed by atoms with Gasteiger partial charge < -0.3 is 10.2 Å². The number of carbonyl (C=O) groups is 1. The van der Waals surface area contributed by atoms with Crippen molar-refractivity contribution in [3.05, 3.63) is 35.4 Å². The van der Waals surface area contributed by atoms with E-state index in [0.29, 0.717) is 12.0 Å². The summed E-state index contributed by atoms with van der Waals surface area (Å²) in [6.07, 6.45) is 14.6. The summed E-state index contributed by atoms with van der Waals surface area (Å²) in [5, 5.41) is 21.9. The van der Waals surface area contributed by atoms with Crippen LogP contribution in [0.2, 0.25) is 0 Å². The SMILES string of the molecule is CCCC/C=C\C1(c2cc(O)c([C@H]3CC[C@H](C(C)(C)C)C(=O)C3)c(O)c2)CCCC1. The molecule has 166 valence electrons. The summed E-state index contributed by atoms with van der Waals surface area (Å²) in [5.74, 6) is 0.542. The van der Waals surface area contributed by atoms with E-state index in [0.717, 1.165) is 37.7 Å². The first kappa shape index (κ1) is 22.9. The molecule has 1 aromatic carbocycles. The molecule has 0 unspecified atom stereocenters. The van der Waals surface area contributed by atoms with Gasteiger partial charge in [0.1, 0.15) is 17.3 Å². The van der Waals surface area contributed by atoms with E-state index in [1.165, 1.54) is 25.7 Å². The van der Waals surface area contributed by atoms with Gasteiger partial charge in [-0.1, -0.05) is 65.5 Å². The number of carbonyl (C=O) groups excluding carboxylic acids is 1. The minimum absolute atomic E-state index is 0.0328. The van der Waals surface area contributed by atoms with Crippen LogP contribution >= 0.6 is 0 Å². The fourth-order valence-corrected chi connectivity index (χ4v) is 5.70.